The number of allylic oxidation sites excluding steroid dienone is 6. The van der Waals surface area contributed by atoms with Gasteiger partial charge in [-0.3, -0.25) is 4.99 Å². The molecule has 0 aliphatic heterocycles. The zero-order valence-electron chi connectivity index (χ0n) is 13.8. The highest BCUT2D eigenvalue weighted by Crippen LogP contribution is 2.10. The highest BCUT2D eigenvalue weighted by atomic mass is 14.7. The SMILES string of the molecule is C=C/C=C(C)\C=C/C/C(=C/CC)N=C(C)CCCCC. The third-order valence-corrected chi connectivity index (χ3v) is 3.00. The van der Waals surface area contributed by atoms with Crippen LogP contribution in [-0.4, -0.2) is 5.71 Å². The number of rotatable bonds is 10. The second kappa shape index (κ2) is 12.7. The van der Waals surface area contributed by atoms with Crippen molar-refractivity contribution in [2.75, 3.05) is 0 Å². The fourth-order valence-electron chi connectivity index (χ4n) is 1.95. The van der Waals surface area contributed by atoms with Gasteiger partial charge in [0.2, 0.25) is 0 Å². The predicted molar refractivity (Wildman–Crippen MR) is 93.3 cm³/mol. The van der Waals surface area contributed by atoms with Crippen LogP contribution >= 0.6 is 0 Å². The molecule has 0 radical (unpaired) electrons. The van der Waals surface area contributed by atoms with E-state index in [0.29, 0.717) is 0 Å². The Hall–Kier alpha value is -1.37. The van der Waals surface area contributed by atoms with E-state index in [1.165, 1.54) is 36.2 Å². The molecule has 0 aliphatic rings. The van der Waals surface area contributed by atoms with E-state index in [9.17, 15) is 0 Å². The number of hydrogen-bond acceptors (Lipinski definition) is 1. The van der Waals surface area contributed by atoms with Crippen LogP contribution in [0.15, 0.2) is 53.2 Å². The van der Waals surface area contributed by atoms with Gasteiger partial charge in [0.25, 0.3) is 0 Å². The van der Waals surface area contributed by atoms with Crippen LogP contribution in [-0.2, 0) is 0 Å². The minimum absolute atomic E-state index is 0.904. The van der Waals surface area contributed by atoms with Gasteiger partial charge in [-0.2, -0.15) is 0 Å². The molecule has 0 fully saturated rings. The van der Waals surface area contributed by atoms with Crippen LogP contribution in [0.1, 0.15) is 66.2 Å². The maximum absolute atomic E-state index is 4.77. The van der Waals surface area contributed by atoms with Crippen LogP contribution in [0.25, 0.3) is 0 Å². The Morgan fingerprint density at radius 3 is 2.50 bits per heavy atom. The summed E-state index contributed by atoms with van der Waals surface area (Å²) in [5.41, 5.74) is 3.66. The number of aliphatic imine (C=N–C) groups is 1. The van der Waals surface area contributed by atoms with Crippen LogP contribution in [0, 0.1) is 0 Å². The molecule has 1 heteroatoms. The van der Waals surface area contributed by atoms with E-state index < -0.39 is 0 Å². The van der Waals surface area contributed by atoms with Crippen molar-refractivity contribution in [2.24, 2.45) is 4.99 Å². The third kappa shape index (κ3) is 10.5. The molecule has 112 valence electrons. The Kier molecular flexibility index (Phi) is 11.8. The lowest BCUT2D eigenvalue weighted by molar-refractivity contribution is 0.740. The summed E-state index contributed by atoms with van der Waals surface area (Å²) in [6, 6.07) is 0. The molecule has 0 saturated carbocycles. The van der Waals surface area contributed by atoms with E-state index in [4.69, 9.17) is 4.99 Å². The molecular weight excluding hydrogens is 242 g/mol. The van der Waals surface area contributed by atoms with Crippen LogP contribution < -0.4 is 0 Å². The van der Waals surface area contributed by atoms with Gasteiger partial charge in [0, 0.05) is 17.8 Å². The molecular formula is C19H31N. The van der Waals surface area contributed by atoms with Crippen LogP contribution in [0.4, 0.5) is 0 Å². The quantitative estimate of drug-likeness (QED) is 0.248. The molecule has 20 heavy (non-hydrogen) atoms. The van der Waals surface area contributed by atoms with Gasteiger partial charge in [0.05, 0.1) is 0 Å². The highest BCUT2D eigenvalue weighted by Gasteiger charge is 1.96. The molecule has 0 aromatic carbocycles. The van der Waals surface area contributed by atoms with E-state index in [1.54, 1.807) is 0 Å². The Bertz CT molecular complexity index is 381. The number of hydrogen-bond donors (Lipinski definition) is 0. The van der Waals surface area contributed by atoms with Crippen molar-refractivity contribution in [1.29, 1.82) is 0 Å². The number of unbranched alkanes of at least 4 members (excludes halogenated alkanes) is 2. The van der Waals surface area contributed by atoms with Gasteiger partial charge < -0.3 is 0 Å². The van der Waals surface area contributed by atoms with Crippen molar-refractivity contribution in [3.8, 4) is 0 Å². The molecule has 0 spiro atoms. The van der Waals surface area contributed by atoms with E-state index in [-0.39, 0.29) is 0 Å². The molecule has 0 N–H and O–H groups in total. The molecule has 0 bridgehead atoms. The largest absolute Gasteiger partial charge is 0.263 e. The average molecular weight is 273 g/mol. The fraction of sp³-hybridized carbons (Fsp3) is 0.526. The van der Waals surface area contributed by atoms with Gasteiger partial charge in [0.15, 0.2) is 0 Å². The molecule has 0 aromatic rings. The second-order valence-electron chi connectivity index (χ2n) is 5.16. The van der Waals surface area contributed by atoms with Crippen LogP contribution in [0.2, 0.25) is 0 Å². The lowest BCUT2D eigenvalue weighted by Crippen LogP contribution is -1.93. The molecule has 0 saturated heterocycles. The standard InChI is InChI=1S/C19H31N/c1-6-9-10-15-18(5)20-19(13-8-3)16-11-14-17(4)12-7-2/h7,11-14H,2,6,8-10,15-16H2,1,3-5H3/b14-11-,17-12-,19-13-,20-18?. The summed E-state index contributed by atoms with van der Waals surface area (Å²) in [4.78, 5) is 4.77. The molecule has 0 rings (SSSR count). The minimum atomic E-state index is 0.904. The molecule has 0 amide bonds. The normalized spacial score (nSPS) is 14.1. The lowest BCUT2D eigenvalue weighted by atomic mass is 10.1. The molecule has 0 aromatic heterocycles. The van der Waals surface area contributed by atoms with Gasteiger partial charge in [0.1, 0.15) is 0 Å². The monoisotopic (exact) mass is 273 g/mol. The van der Waals surface area contributed by atoms with Crippen LogP contribution in [0.5, 0.6) is 0 Å². The van der Waals surface area contributed by atoms with Gasteiger partial charge in [-0.05, 0) is 33.1 Å². The van der Waals surface area contributed by atoms with Crippen molar-refractivity contribution in [3.05, 3.63) is 48.2 Å². The Morgan fingerprint density at radius 2 is 1.90 bits per heavy atom. The van der Waals surface area contributed by atoms with Crippen molar-refractivity contribution in [3.63, 3.8) is 0 Å². The first-order chi connectivity index (χ1) is 9.63. The maximum atomic E-state index is 4.77. The van der Waals surface area contributed by atoms with Crippen molar-refractivity contribution < 1.29 is 0 Å². The van der Waals surface area contributed by atoms with Gasteiger partial charge in [-0.1, -0.05) is 69.2 Å². The maximum Gasteiger partial charge on any atom is 0.0400 e. The summed E-state index contributed by atoms with van der Waals surface area (Å²) in [5.74, 6) is 0. The van der Waals surface area contributed by atoms with E-state index >= 15 is 0 Å². The third-order valence-electron chi connectivity index (χ3n) is 3.00. The van der Waals surface area contributed by atoms with Crippen molar-refractivity contribution in [1.82, 2.24) is 0 Å². The molecule has 0 unspecified atom stereocenters. The minimum Gasteiger partial charge on any atom is -0.263 e. The topological polar surface area (TPSA) is 12.4 Å². The first-order valence-electron chi connectivity index (χ1n) is 7.83. The summed E-state index contributed by atoms with van der Waals surface area (Å²) in [7, 11) is 0. The smallest absolute Gasteiger partial charge is 0.0400 e. The molecule has 0 atom stereocenters. The Labute approximate surface area is 125 Å². The summed E-state index contributed by atoms with van der Waals surface area (Å²) >= 11 is 0. The van der Waals surface area contributed by atoms with Gasteiger partial charge >= 0.3 is 0 Å². The first-order valence-corrected chi connectivity index (χ1v) is 7.83. The molecule has 1 nitrogen and oxygen atoms in total. The fourth-order valence-corrected chi connectivity index (χ4v) is 1.95. The average Bonchev–Trinajstić information content (AvgIpc) is 2.39. The second-order valence-corrected chi connectivity index (χ2v) is 5.16. The zero-order chi connectivity index (χ0) is 15.2. The first kappa shape index (κ1) is 18.6. The van der Waals surface area contributed by atoms with Crippen LogP contribution in [0.3, 0.4) is 0 Å². The lowest BCUT2D eigenvalue weighted by Gasteiger charge is -2.03. The zero-order valence-corrected chi connectivity index (χ0v) is 13.8. The molecule has 0 heterocycles. The van der Waals surface area contributed by atoms with Crippen molar-refractivity contribution >= 4 is 5.71 Å². The summed E-state index contributed by atoms with van der Waals surface area (Å²) in [5, 5.41) is 0. The van der Waals surface area contributed by atoms with E-state index in [2.05, 4.69) is 52.5 Å². The van der Waals surface area contributed by atoms with Gasteiger partial charge in [-0.15, -0.1) is 0 Å². The van der Waals surface area contributed by atoms with E-state index in [0.717, 1.165) is 19.3 Å². The predicted octanol–water partition coefficient (Wildman–Crippen LogP) is 6.40. The highest BCUT2D eigenvalue weighted by molar-refractivity contribution is 5.82. The molecule has 0 aliphatic carbocycles. The summed E-state index contributed by atoms with van der Waals surface area (Å²) in [6.07, 6.45) is 17.2. The van der Waals surface area contributed by atoms with Gasteiger partial charge in [-0.25, -0.2) is 0 Å². The number of nitrogens with zero attached hydrogens (tertiary/aromatic N) is 1. The summed E-state index contributed by atoms with van der Waals surface area (Å²) < 4.78 is 0. The Balaban J connectivity index is 4.50. The van der Waals surface area contributed by atoms with E-state index in [1.807, 2.05) is 12.2 Å². The Morgan fingerprint density at radius 1 is 1.15 bits per heavy atom. The van der Waals surface area contributed by atoms with Crippen molar-refractivity contribution in [2.45, 2.75) is 66.2 Å². The summed E-state index contributed by atoms with van der Waals surface area (Å²) in [6.45, 7) is 12.3.